The van der Waals surface area contributed by atoms with Crippen molar-refractivity contribution in [2.75, 3.05) is 0 Å². The van der Waals surface area contributed by atoms with E-state index in [4.69, 9.17) is 11.6 Å². The molecule has 0 atom stereocenters. The van der Waals surface area contributed by atoms with E-state index in [-0.39, 0.29) is 0 Å². The molecule has 1 aromatic heterocycles. The Morgan fingerprint density at radius 2 is 2.17 bits per heavy atom. The van der Waals surface area contributed by atoms with Crippen molar-refractivity contribution in [2.24, 2.45) is 0 Å². The van der Waals surface area contributed by atoms with Gasteiger partial charge in [-0.2, -0.15) is 0 Å². The van der Waals surface area contributed by atoms with Gasteiger partial charge in [-0.15, -0.1) is 11.3 Å². The standard InChI is InChI=1S/C15H16ClNS/c1-10-6-7-18-15(10)11-2-5-14(16)12(8-11)9-17-13-3-4-13/h2,5-8,13,17H,3-4,9H2,1H3. The number of nitrogens with one attached hydrogen (secondary N) is 1. The molecule has 0 amide bonds. The first-order valence-electron chi connectivity index (χ1n) is 6.30. The number of thiophene rings is 1. The molecular weight excluding hydrogens is 262 g/mol. The summed E-state index contributed by atoms with van der Waals surface area (Å²) < 4.78 is 0. The second kappa shape index (κ2) is 5.04. The highest BCUT2D eigenvalue weighted by Gasteiger charge is 2.20. The minimum Gasteiger partial charge on any atom is -0.310 e. The summed E-state index contributed by atoms with van der Waals surface area (Å²) >= 11 is 8.06. The van der Waals surface area contributed by atoms with E-state index in [9.17, 15) is 0 Å². The summed E-state index contributed by atoms with van der Waals surface area (Å²) in [5, 5.41) is 6.52. The fraction of sp³-hybridized carbons (Fsp3) is 0.333. The topological polar surface area (TPSA) is 12.0 Å². The number of hydrogen-bond acceptors (Lipinski definition) is 2. The molecule has 3 heteroatoms. The van der Waals surface area contributed by atoms with Crippen LogP contribution in [0.3, 0.4) is 0 Å². The zero-order chi connectivity index (χ0) is 12.5. The van der Waals surface area contributed by atoms with Gasteiger partial charge in [-0.3, -0.25) is 0 Å². The molecule has 0 bridgehead atoms. The quantitative estimate of drug-likeness (QED) is 0.859. The predicted molar refractivity (Wildman–Crippen MR) is 79.4 cm³/mol. The number of halogens is 1. The lowest BCUT2D eigenvalue weighted by atomic mass is 10.1. The van der Waals surface area contributed by atoms with Gasteiger partial charge in [0.1, 0.15) is 0 Å². The lowest BCUT2D eigenvalue weighted by molar-refractivity contribution is 0.688. The summed E-state index contributed by atoms with van der Waals surface area (Å²) in [6, 6.07) is 9.22. The van der Waals surface area contributed by atoms with Crippen LogP contribution >= 0.6 is 22.9 Å². The Kier molecular flexibility index (Phi) is 3.42. The predicted octanol–water partition coefficient (Wildman–Crippen LogP) is 4.63. The maximum absolute atomic E-state index is 6.26. The summed E-state index contributed by atoms with van der Waals surface area (Å²) in [5.41, 5.74) is 3.82. The van der Waals surface area contributed by atoms with E-state index in [1.807, 2.05) is 6.07 Å². The van der Waals surface area contributed by atoms with Gasteiger partial charge < -0.3 is 5.32 Å². The van der Waals surface area contributed by atoms with Gasteiger partial charge in [-0.25, -0.2) is 0 Å². The first-order valence-corrected chi connectivity index (χ1v) is 7.56. The molecule has 1 aliphatic rings. The molecule has 1 fully saturated rings. The fourth-order valence-corrected chi connectivity index (χ4v) is 3.17. The maximum Gasteiger partial charge on any atom is 0.0451 e. The third-order valence-corrected chi connectivity index (χ3v) is 4.76. The maximum atomic E-state index is 6.26. The molecule has 1 saturated carbocycles. The summed E-state index contributed by atoms with van der Waals surface area (Å²) in [6.45, 7) is 3.03. The molecule has 94 valence electrons. The molecule has 2 aromatic rings. The smallest absolute Gasteiger partial charge is 0.0451 e. The monoisotopic (exact) mass is 277 g/mol. The third-order valence-electron chi connectivity index (χ3n) is 3.33. The molecule has 0 saturated heterocycles. The van der Waals surface area contributed by atoms with Gasteiger partial charge in [0.05, 0.1) is 0 Å². The second-order valence-corrected chi connectivity index (χ2v) is 6.22. The summed E-state index contributed by atoms with van der Waals surface area (Å²) in [5.74, 6) is 0. The Labute approximate surface area is 117 Å². The van der Waals surface area contributed by atoms with Crippen LogP contribution in [0.4, 0.5) is 0 Å². The Balaban J connectivity index is 1.87. The van der Waals surface area contributed by atoms with Gasteiger partial charge in [0.15, 0.2) is 0 Å². The van der Waals surface area contributed by atoms with Crippen LogP contribution in [0.5, 0.6) is 0 Å². The Morgan fingerprint density at radius 3 is 2.83 bits per heavy atom. The van der Waals surface area contributed by atoms with Crippen LogP contribution < -0.4 is 5.32 Å². The van der Waals surface area contributed by atoms with Crippen molar-refractivity contribution in [1.29, 1.82) is 0 Å². The average Bonchev–Trinajstić information content (AvgIpc) is 3.10. The molecule has 1 nitrogen and oxygen atoms in total. The lowest BCUT2D eigenvalue weighted by Crippen LogP contribution is -2.15. The lowest BCUT2D eigenvalue weighted by Gasteiger charge is -2.08. The first kappa shape index (κ1) is 12.2. The van der Waals surface area contributed by atoms with Gasteiger partial charge in [0, 0.05) is 22.5 Å². The fourth-order valence-electron chi connectivity index (χ4n) is 2.06. The highest BCUT2D eigenvalue weighted by atomic mass is 35.5. The van der Waals surface area contributed by atoms with Crippen molar-refractivity contribution < 1.29 is 0 Å². The molecule has 1 aromatic carbocycles. The minimum absolute atomic E-state index is 0.716. The van der Waals surface area contributed by atoms with Crippen LogP contribution in [0.2, 0.25) is 5.02 Å². The zero-order valence-corrected chi connectivity index (χ0v) is 11.9. The van der Waals surface area contributed by atoms with E-state index in [1.165, 1.54) is 34.4 Å². The summed E-state index contributed by atoms with van der Waals surface area (Å²) in [6.07, 6.45) is 2.61. The van der Waals surface area contributed by atoms with E-state index in [0.29, 0.717) is 6.04 Å². The molecule has 0 radical (unpaired) electrons. The van der Waals surface area contributed by atoms with Crippen LogP contribution in [-0.4, -0.2) is 6.04 Å². The van der Waals surface area contributed by atoms with Crippen LogP contribution in [0.15, 0.2) is 29.6 Å². The molecule has 1 N–H and O–H groups in total. The third kappa shape index (κ3) is 2.61. The van der Waals surface area contributed by atoms with Gasteiger partial charge in [0.2, 0.25) is 0 Å². The number of benzene rings is 1. The van der Waals surface area contributed by atoms with Gasteiger partial charge in [-0.05, 0) is 60.0 Å². The minimum atomic E-state index is 0.716. The Morgan fingerprint density at radius 1 is 1.33 bits per heavy atom. The van der Waals surface area contributed by atoms with Crippen LogP contribution in [0, 0.1) is 6.92 Å². The van der Waals surface area contributed by atoms with Gasteiger partial charge >= 0.3 is 0 Å². The highest BCUT2D eigenvalue weighted by molar-refractivity contribution is 7.13. The van der Waals surface area contributed by atoms with E-state index in [0.717, 1.165) is 11.6 Å². The number of rotatable bonds is 4. The number of aryl methyl sites for hydroxylation is 1. The van der Waals surface area contributed by atoms with Crippen molar-refractivity contribution in [2.45, 2.75) is 32.4 Å². The second-order valence-electron chi connectivity index (χ2n) is 4.89. The van der Waals surface area contributed by atoms with Gasteiger partial charge in [-0.1, -0.05) is 17.7 Å². The molecule has 0 unspecified atom stereocenters. The first-order chi connectivity index (χ1) is 8.74. The highest BCUT2D eigenvalue weighted by Crippen LogP contribution is 2.32. The van der Waals surface area contributed by atoms with E-state index < -0.39 is 0 Å². The van der Waals surface area contributed by atoms with Crippen LogP contribution in [-0.2, 0) is 6.54 Å². The summed E-state index contributed by atoms with van der Waals surface area (Å²) in [4.78, 5) is 1.35. The van der Waals surface area contributed by atoms with Gasteiger partial charge in [0.25, 0.3) is 0 Å². The largest absolute Gasteiger partial charge is 0.310 e. The molecule has 1 aliphatic carbocycles. The molecule has 0 aliphatic heterocycles. The SMILES string of the molecule is Cc1ccsc1-c1ccc(Cl)c(CNC2CC2)c1. The molecule has 1 heterocycles. The van der Waals surface area contributed by atoms with E-state index in [1.54, 1.807) is 11.3 Å². The van der Waals surface area contributed by atoms with Crippen LogP contribution in [0.1, 0.15) is 24.0 Å². The van der Waals surface area contributed by atoms with E-state index >= 15 is 0 Å². The van der Waals surface area contributed by atoms with Crippen molar-refractivity contribution in [3.8, 4) is 10.4 Å². The molecular formula is C15H16ClNS. The van der Waals surface area contributed by atoms with Crippen molar-refractivity contribution >= 4 is 22.9 Å². The summed E-state index contributed by atoms with van der Waals surface area (Å²) in [7, 11) is 0. The van der Waals surface area contributed by atoms with Crippen molar-refractivity contribution in [3.63, 3.8) is 0 Å². The average molecular weight is 278 g/mol. The van der Waals surface area contributed by atoms with Crippen molar-refractivity contribution in [3.05, 3.63) is 45.8 Å². The molecule has 0 spiro atoms. The molecule has 18 heavy (non-hydrogen) atoms. The zero-order valence-electron chi connectivity index (χ0n) is 10.4. The Bertz CT molecular complexity index is 557. The normalized spacial score (nSPS) is 15.0. The Hall–Kier alpha value is -0.830. The van der Waals surface area contributed by atoms with Crippen molar-refractivity contribution in [1.82, 2.24) is 5.32 Å². The van der Waals surface area contributed by atoms with Crippen LogP contribution in [0.25, 0.3) is 10.4 Å². The van der Waals surface area contributed by atoms with E-state index in [2.05, 4.69) is 35.8 Å². The molecule has 3 rings (SSSR count). The number of hydrogen-bond donors (Lipinski definition) is 1.